The molecule has 0 radical (unpaired) electrons. The highest BCUT2D eigenvalue weighted by Gasteiger charge is 2.33. The van der Waals surface area contributed by atoms with Crippen molar-refractivity contribution >= 4 is 16.5 Å². The van der Waals surface area contributed by atoms with E-state index in [9.17, 15) is 0 Å². The molecule has 0 aliphatic rings. The van der Waals surface area contributed by atoms with Crippen LogP contribution in [0.4, 0.5) is 0 Å². The van der Waals surface area contributed by atoms with E-state index in [2.05, 4.69) is 62.3 Å². The zero-order valence-electron chi connectivity index (χ0n) is 11.6. The molecule has 0 aromatic carbocycles. The average molecular weight is 242 g/mol. The second kappa shape index (κ2) is 5.88. The molecule has 0 bridgehead atoms. The summed E-state index contributed by atoms with van der Waals surface area (Å²) in [6, 6.07) is 0. The van der Waals surface area contributed by atoms with Crippen molar-refractivity contribution in [2.24, 2.45) is 0 Å². The summed E-state index contributed by atoms with van der Waals surface area (Å²) in [5.74, 6) is 6.61. The van der Waals surface area contributed by atoms with Crippen LogP contribution in [0.15, 0.2) is 0 Å². The molecule has 0 saturated carbocycles. The predicted octanol–water partition coefficient (Wildman–Crippen LogP) is 3.76. The first-order chi connectivity index (χ1) is 6.69. The summed E-state index contributed by atoms with van der Waals surface area (Å²) >= 11 is 0. The zero-order chi connectivity index (χ0) is 12.1. The third-order valence-corrected chi connectivity index (χ3v) is 9.94. The molecule has 1 nitrogen and oxygen atoms in total. The molecule has 0 aliphatic heterocycles. The average Bonchev–Trinajstić information content (AvgIpc) is 1.99. The van der Waals surface area contributed by atoms with E-state index in [0.717, 1.165) is 13.0 Å². The number of hydrogen-bond donors (Lipinski definition) is 0. The summed E-state index contributed by atoms with van der Waals surface area (Å²) in [6.45, 7) is 17.7. The molecule has 0 N–H and O–H groups in total. The molecule has 88 valence electrons. The Morgan fingerprint density at radius 2 is 1.33 bits per heavy atom. The lowest BCUT2D eigenvalue weighted by molar-refractivity contribution is 0.698. The molecule has 0 aromatic heterocycles. The van der Waals surface area contributed by atoms with Gasteiger partial charge in [-0.05, 0) is 6.42 Å². The first kappa shape index (κ1) is 15.0. The van der Waals surface area contributed by atoms with Crippen molar-refractivity contribution < 1.29 is 0 Å². The Kier molecular flexibility index (Phi) is 5.86. The first-order valence-corrected chi connectivity index (χ1v) is 12.8. The van der Waals surface area contributed by atoms with Gasteiger partial charge in [0.05, 0.1) is 0 Å². The second-order valence-electron chi connectivity index (χ2n) is 6.03. The van der Waals surface area contributed by atoms with Crippen molar-refractivity contribution in [3.05, 3.63) is 0 Å². The maximum atomic E-state index is 3.34. The van der Waals surface area contributed by atoms with Gasteiger partial charge < -0.3 is 4.23 Å². The Hall–Kier alpha value is -0.0462. The van der Waals surface area contributed by atoms with E-state index in [1.165, 1.54) is 6.42 Å². The quantitative estimate of drug-likeness (QED) is 0.535. The number of hydrogen-bond acceptors (Lipinski definition) is 1. The molecule has 0 heterocycles. The molecule has 3 heteroatoms. The van der Waals surface area contributed by atoms with Crippen molar-refractivity contribution in [2.75, 3.05) is 6.54 Å². The predicted molar refractivity (Wildman–Crippen MR) is 76.1 cm³/mol. The van der Waals surface area contributed by atoms with Gasteiger partial charge in [0.2, 0.25) is 0 Å². The van der Waals surface area contributed by atoms with E-state index in [1.54, 1.807) is 0 Å². The molecular formula is C12H27NSi2. The van der Waals surface area contributed by atoms with E-state index in [0.29, 0.717) is 0 Å². The van der Waals surface area contributed by atoms with Crippen LogP contribution in [0.2, 0.25) is 39.3 Å². The van der Waals surface area contributed by atoms with E-state index in [1.807, 2.05) is 0 Å². The van der Waals surface area contributed by atoms with Crippen molar-refractivity contribution in [2.45, 2.75) is 59.0 Å². The minimum atomic E-state index is -1.19. The largest absolute Gasteiger partial charge is 0.336 e. The van der Waals surface area contributed by atoms with Gasteiger partial charge in [-0.15, -0.1) is 5.92 Å². The highest BCUT2D eigenvalue weighted by Crippen LogP contribution is 2.18. The van der Waals surface area contributed by atoms with Crippen LogP contribution in [0.25, 0.3) is 0 Å². The van der Waals surface area contributed by atoms with E-state index >= 15 is 0 Å². The van der Waals surface area contributed by atoms with E-state index in [-0.39, 0.29) is 0 Å². The van der Waals surface area contributed by atoms with Gasteiger partial charge in [0.25, 0.3) is 0 Å². The van der Waals surface area contributed by atoms with Crippen LogP contribution in [0, 0.1) is 11.8 Å². The van der Waals surface area contributed by atoms with Gasteiger partial charge in [0.15, 0.2) is 0 Å². The summed E-state index contributed by atoms with van der Waals surface area (Å²) in [5, 5.41) is 0. The fourth-order valence-electron chi connectivity index (χ4n) is 1.83. The third kappa shape index (κ3) is 6.19. The molecule has 0 saturated heterocycles. The van der Waals surface area contributed by atoms with Crippen LogP contribution >= 0.6 is 0 Å². The molecule has 0 aromatic rings. The van der Waals surface area contributed by atoms with Crippen LogP contribution < -0.4 is 0 Å². The SMILES string of the molecule is CCCC#CCN([Si](C)(C)C)[Si](C)(C)C. The molecule has 0 aliphatic carbocycles. The molecule has 0 rings (SSSR count). The highest BCUT2D eigenvalue weighted by molar-refractivity contribution is 6.89. The van der Waals surface area contributed by atoms with Gasteiger partial charge in [-0.3, -0.25) is 0 Å². The minimum absolute atomic E-state index is 0.992. The standard InChI is InChI=1S/C12H27NSi2/c1-8-9-10-11-12-13(14(2,3)4)15(5,6)7/h8-9,12H2,1-7H3. The molecule has 0 unspecified atom stereocenters. The van der Waals surface area contributed by atoms with Crippen LogP contribution in [0.1, 0.15) is 19.8 Å². The lowest BCUT2D eigenvalue weighted by Gasteiger charge is -2.42. The summed E-state index contributed by atoms with van der Waals surface area (Å²) in [5.41, 5.74) is 0. The van der Waals surface area contributed by atoms with Gasteiger partial charge in [-0.1, -0.05) is 52.1 Å². The third-order valence-electron chi connectivity index (χ3n) is 2.36. The topological polar surface area (TPSA) is 3.24 Å². The summed E-state index contributed by atoms with van der Waals surface area (Å²) < 4.78 is 2.72. The number of unbranched alkanes of at least 4 members (excludes halogenated alkanes) is 1. The van der Waals surface area contributed by atoms with Gasteiger partial charge >= 0.3 is 0 Å². The summed E-state index contributed by atoms with van der Waals surface area (Å²) in [6.07, 6.45) is 2.22. The number of rotatable bonds is 4. The van der Waals surface area contributed by atoms with Crippen molar-refractivity contribution in [3.8, 4) is 11.8 Å². The molecule has 0 spiro atoms. The van der Waals surface area contributed by atoms with Crippen LogP contribution in [0.3, 0.4) is 0 Å². The van der Waals surface area contributed by atoms with Gasteiger partial charge in [0.1, 0.15) is 16.5 Å². The first-order valence-electron chi connectivity index (χ1n) is 5.93. The Morgan fingerprint density at radius 1 is 0.867 bits per heavy atom. The molecule has 0 atom stereocenters. The molecule has 0 amide bonds. The fraction of sp³-hybridized carbons (Fsp3) is 0.833. The Bertz CT molecular complexity index is 223. The highest BCUT2D eigenvalue weighted by atomic mass is 28.4. The van der Waals surface area contributed by atoms with Crippen LogP contribution in [0.5, 0.6) is 0 Å². The van der Waals surface area contributed by atoms with Gasteiger partial charge in [-0.2, -0.15) is 0 Å². The van der Waals surface area contributed by atoms with Crippen LogP contribution in [-0.4, -0.2) is 27.2 Å². The lowest BCUT2D eigenvalue weighted by atomic mass is 10.3. The van der Waals surface area contributed by atoms with Crippen molar-refractivity contribution in [1.29, 1.82) is 0 Å². The Balaban J connectivity index is 4.51. The number of nitrogens with zero attached hydrogens (tertiary/aromatic N) is 1. The molecule has 15 heavy (non-hydrogen) atoms. The van der Waals surface area contributed by atoms with E-state index < -0.39 is 16.5 Å². The molecule has 0 fully saturated rings. The fourth-order valence-corrected chi connectivity index (χ4v) is 11.0. The Labute approximate surface area is 98.4 Å². The minimum Gasteiger partial charge on any atom is -0.336 e. The van der Waals surface area contributed by atoms with E-state index in [4.69, 9.17) is 0 Å². The Morgan fingerprint density at radius 3 is 1.67 bits per heavy atom. The van der Waals surface area contributed by atoms with Crippen molar-refractivity contribution in [1.82, 2.24) is 4.23 Å². The maximum Gasteiger partial charge on any atom is 0.113 e. The van der Waals surface area contributed by atoms with Gasteiger partial charge in [0, 0.05) is 13.0 Å². The summed E-state index contributed by atoms with van der Waals surface area (Å²) in [4.78, 5) is 0. The smallest absolute Gasteiger partial charge is 0.113 e. The monoisotopic (exact) mass is 241 g/mol. The normalized spacial score (nSPS) is 12.5. The van der Waals surface area contributed by atoms with Crippen LogP contribution in [-0.2, 0) is 0 Å². The van der Waals surface area contributed by atoms with Gasteiger partial charge in [-0.25, -0.2) is 0 Å². The van der Waals surface area contributed by atoms with Crippen molar-refractivity contribution in [3.63, 3.8) is 0 Å². The lowest BCUT2D eigenvalue weighted by Crippen LogP contribution is -2.59. The summed E-state index contributed by atoms with van der Waals surface area (Å²) in [7, 11) is -2.38. The second-order valence-corrected chi connectivity index (χ2v) is 16.2. The zero-order valence-corrected chi connectivity index (χ0v) is 13.6. The maximum absolute atomic E-state index is 3.34. The molecular weight excluding hydrogens is 214 g/mol.